The highest BCUT2D eigenvalue weighted by atomic mass is 19.2. The molecule has 0 spiro atoms. The Morgan fingerprint density at radius 1 is 0.328 bits per heavy atom. The van der Waals surface area contributed by atoms with Crippen molar-refractivity contribution in [1.29, 1.82) is 0 Å². The average molecular weight is 941 g/mol. The highest BCUT2D eigenvalue weighted by Gasteiger charge is 2.43. The van der Waals surface area contributed by atoms with Crippen molar-refractivity contribution in [2.75, 3.05) is 0 Å². The Bertz CT molecular complexity index is 2780. The molecule has 0 radical (unpaired) electrons. The molecule has 0 aliphatic carbocycles. The minimum absolute atomic E-state index is 0.292. The first-order chi connectivity index (χ1) is 29.7. The zero-order valence-electron chi connectivity index (χ0n) is 31.0. The van der Waals surface area contributed by atoms with Crippen LogP contribution in [0.3, 0.4) is 0 Å². The molecule has 0 saturated heterocycles. The van der Waals surface area contributed by atoms with Crippen LogP contribution in [0, 0.1) is 122 Å². The zero-order valence-corrected chi connectivity index (χ0v) is 31.0. The predicted molar refractivity (Wildman–Crippen MR) is 178 cm³/mol. The standard InChI is InChI=1S/C30BF21O3.C8H13N/c32-7-1-4(13(38)19(44)16(7)41)28(25(50)22(47)10(1)35)53-31(54-29-5-2(11(36)23(48)26(29)51)8(33)17(42)20(45)14(5)39)55-30-6-3(12(37)24(49)27(30)52)9(34)18(43)21(46)15(6)40;1-8(2,3)7-4-5-9-6-7/h;4-6,9H,1-3H3. The molecule has 0 unspecified atom stereocenters. The molecule has 26 heteroatoms. The van der Waals surface area contributed by atoms with Crippen LogP contribution < -0.4 is 14.0 Å². The molecule has 0 bridgehead atoms. The average Bonchev–Trinajstić information content (AvgIpc) is 3.82. The smallest absolute Gasteiger partial charge is 0.486 e. The van der Waals surface area contributed by atoms with Gasteiger partial charge in [0.25, 0.3) is 0 Å². The van der Waals surface area contributed by atoms with E-state index in [0.29, 0.717) is 5.41 Å². The molecular formula is C38H13BF21NO3. The number of nitrogens with one attached hydrogen (secondary N) is 1. The second-order valence-electron chi connectivity index (χ2n) is 13.8. The Kier molecular flexibility index (Phi) is 12.1. The lowest BCUT2D eigenvalue weighted by Crippen LogP contribution is -2.38. The molecule has 0 fully saturated rings. The Morgan fingerprint density at radius 3 is 0.734 bits per heavy atom. The van der Waals surface area contributed by atoms with Crippen LogP contribution in [0.1, 0.15) is 26.3 Å². The Morgan fingerprint density at radius 2 is 0.547 bits per heavy atom. The van der Waals surface area contributed by atoms with Crippen LogP contribution in [0.2, 0.25) is 0 Å². The van der Waals surface area contributed by atoms with Crippen molar-refractivity contribution in [3.63, 3.8) is 0 Å². The molecule has 1 N–H and O–H groups in total. The molecule has 0 aliphatic rings. The van der Waals surface area contributed by atoms with Gasteiger partial charge in [0, 0.05) is 12.4 Å². The number of halogens is 21. The summed E-state index contributed by atoms with van der Waals surface area (Å²) >= 11 is 0. The van der Waals surface area contributed by atoms with Crippen LogP contribution in [-0.2, 0) is 5.41 Å². The van der Waals surface area contributed by atoms with Gasteiger partial charge in [0.1, 0.15) is 0 Å². The lowest BCUT2D eigenvalue weighted by Gasteiger charge is -2.22. The molecule has 6 aromatic carbocycles. The molecule has 1 aromatic heterocycles. The van der Waals surface area contributed by atoms with Crippen molar-refractivity contribution in [3.05, 3.63) is 146 Å². The summed E-state index contributed by atoms with van der Waals surface area (Å²) in [5.74, 6) is -70.7. The third-order valence-electron chi connectivity index (χ3n) is 9.00. The van der Waals surface area contributed by atoms with Crippen LogP contribution in [0.25, 0.3) is 32.3 Å². The summed E-state index contributed by atoms with van der Waals surface area (Å²) in [5.41, 5.74) is 1.66. The fraction of sp³-hybridized carbons (Fsp3) is 0.105. The highest BCUT2D eigenvalue weighted by molar-refractivity contribution is 6.40. The lowest BCUT2D eigenvalue weighted by molar-refractivity contribution is 0.281. The molecule has 0 saturated carbocycles. The minimum Gasteiger partial charge on any atom is -0.486 e. The number of rotatable bonds is 6. The second kappa shape index (κ2) is 16.5. The number of aromatic amines is 1. The third kappa shape index (κ3) is 7.24. The van der Waals surface area contributed by atoms with Gasteiger partial charge in [0.2, 0.25) is 17.5 Å². The van der Waals surface area contributed by atoms with E-state index >= 15 is 13.2 Å². The molecule has 338 valence electrons. The van der Waals surface area contributed by atoms with Crippen molar-refractivity contribution in [1.82, 2.24) is 4.98 Å². The maximum atomic E-state index is 15.2. The fourth-order valence-electron chi connectivity index (χ4n) is 5.88. The number of hydrogen-bond acceptors (Lipinski definition) is 3. The third-order valence-corrected chi connectivity index (χ3v) is 9.00. The van der Waals surface area contributed by atoms with Gasteiger partial charge < -0.3 is 18.9 Å². The molecular weight excluding hydrogens is 928 g/mol. The Hall–Kier alpha value is -6.63. The van der Waals surface area contributed by atoms with E-state index in [9.17, 15) is 79.0 Å². The number of H-pyrrole nitrogens is 1. The van der Waals surface area contributed by atoms with Gasteiger partial charge in [-0.15, -0.1) is 0 Å². The first-order valence-corrected chi connectivity index (χ1v) is 16.8. The molecule has 7 aromatic rings. The molecule has 64 heavy (non-hydrogen) atoms. The van der Waals surface area contributed by atoms with E-state index in [-0.39, 0.29) is 0 Å². The summed E-state index contributed by atoms with van der Waals surface area (Å²) in [6.07, 6.45) is 4.00. The first kappa shape index (κ1) is 46.9. The molecule has 1 heterocycles. The first-order valence-electron chi connectivity index (χ1n) is 16.8. The van der Waals surface area contributed by atoms with Crippen LogP contribution in [0.15, 0.2) is 18.5 Å². The van der Waals surface area contributed by atoms with Crippen molar-refractivity contribution in [2.24, 2.45) is 0 Å². The van der Waals surface area contributed by atoms with E-state index < -0.39 is 179 Å². The predicted octanol–water partition coefficient (Wildman–Crippen LogP) is 12.9. The van der Waals surface area contributed by atoms with Crippen LogP contribution in [0.5, 0.6) is 17.2 Å². The summed E-state index contributed by atoms with van der Waals surface area (Å²) in [5, 5.41) is -14.7. The second-order valence-corrected chi connectivity index (χ2v) is 13.8. The highest BCUT2D eigenvalue weighted by Crippen LogP contribution is 2.44. The lowest BCUT2D eigenvalue weighted by atomic mass is 9.89. The quantitative estimate of drug-likeness (QED) is 0.0782. The van der Waals surface area contributed by atoms with E-state index in [0.717, 1.165) is 0 Å². The zero-order chi connectivity index (χ0) is 47.9. The van der Waals surface area contributed by atoms with Crippen molar-refractivity contribution in [2.45, 2.75) is 26.2 Å². The summed E-state index contributed by atoms with van der Waals surface area (Å²) in [6, 6.07) is 2.11. The number of hydrogen-bond donors (Lipinski definition) is 1. The van der Waals surface area contributed by atoms with E-state index in [1.54, 1.807) is 0 Å². The van der Waals surface area contributed by atoms with Crippen LogP contribution in [-0.4, -0.2) is 12.3 Å². The van der Waals surface area contributed by atoms with Gasteiger partial charge in [-0.25, -0.2) is 79.0 Å². The van der Waals surface area contributed by atoms with Gasteiger partial charge >= 0.3 is 7.32 Å². The summed E-state index contributed by atoms with van der Waals surface area (Å²) in [7, 11) is -4.20. The van der Waals surface area contributed by atoms with Crippen molar-refractivity contribution in [3.8, 4) is 17.2 Å². The van der Waals surface area contributed by atoms with Gasteiger partial charge in [0.15, 0.2) is 122 Å². The monoisotopic (exact) mass is 941 g/mol. The molecule has 0 amide bonds. The number of benzene rings is 6. The van der Waals surface area contributed by atoms with Gasteiger partial charge in [-0.05, 0) is 17.0 Å². The number of fused-ring (bicyclic) bond motifs is 3. The largest absolute Gasteiger partial charge is 0.864 e. The van der Waals surface area contributed by atoms with Crippen LogP contribution in [0.4, 0.5) is 92.2 Å². The van der Waals surface area contributed by atoms with Gasteiger partial charge in [-0.1, -0.05) is 20.8 Å². The fourth-order valence-corrected chi connectivity index (χ4v) is 5.88. The van der Waals surface area contributed by atoms with E-state index in [2.05, 4.69) is 45.8 Å². The normalized spacial score (nSPS) is 11.8. The van der Waals surface area contributed by atoms with Gasteiger partial charge in [-0.2, -0.15) is 13.2 Å². The summed E-state index contributed by atoms with van der Waals surface area (Å²) in [6.45, 7) is 6.61. The van der Waals surface area contributed by atoms with E-state index in [4.69, 9.17) is 0 Å². The van der Waals surface area contributed by atoms with Crippen molar-refractivity contribution < 1.29 is 106 Å². The topological polar surface area (TPSA) is 43.5 Å². The van der Waals surface area contributed by atoms with Crippen LogP contribution >= 0.6 is 0 Å². The SMILES string of the molecule is CC(C)(C)c1cc[nH]c1.Fc1c(F)c(F)c2c(OB(Oc3c(F)c(F)c(F)c4c(F)c(F)c(F)c(F)c34)Oc3c(F)c(F)c(F)c4c(F)c(F)c(F)c(F)c34)c(F)c(F)c(F)c2c1F. The Balaban J connectivity index is 0.000000673. The minimum atomic E-state index is -4.20. The molecule has 7 rings (SSSR count). The van der Waals surface area contributed by atoms with E-state index in [1.807, 2.05) is 12.4 Å². The van der Waals surface area contributed by atoms with Gasteiger partial charge in [0.05, 0.1) is 32.3 Å². The maximum absolute atomic E-state index is 15.2. The summed E-state index contributed by atoms with van der Waals surface area (Å²) < 4.78 is 319. The Labute approximate surface area is 340 Å². The van der Waals surface area contributed by atoms with E-state index in [1.165, 1.54) is 5.56 Å². The maximum Gasteiger partial charge on any atom is 0.864 e. The summed E-state index contributed by atoms with van der Waals surface area (Å²) in [4.78, 5) is 3.04. The molecule has 4 nitrogen and oxygen atoms in total. The number of aromatic nitrogens is 1. The van der Waals surface area contributed by atoms with Gasteiger partial charge in [-0.3, -0.25) is 0 Å². The molecule has 0 atom stereocenters. The molecule has 0 aliphatic heterocycles. The van der Waals surface area contributed by atoms with Crippen molar-refractivity contribution >= 4 is 39.6 Å².